The van der Waals surface area contributed by atoms with Crippen LogP contribution in [0.4, 0.5) is 14.9 Å². The van der Waals surface area contributed by atoms with Crippen LogP contribution < -0.4 is 10.1 Å². The van der Waals surface area contributed by atoms with Crippen LogP contribution in [0.15, 0.2) is 42.6 Å². The smallest absolute Gasteiger partial charge is 0.321 e. The number of pyridine rings is 1. The summed E-state index contributed by atoms with van der Waals surface area (Å²) < 4.78 is 19.3. The summed E-state index contributed by atoms with van der Waals surface area (Å²) in [5.41, 5.74) is 0.866. The molecule has 158 valence electrons. The Morgan fingerprint density at radius 3 is 2.70 bits per heavy atom. The first-order valence-electron chi connectivity index (χ1n) is 10.3. The number of anilines is 1. The fourth-order valence-corrected chi connectivity index (χ4v) is 3.85. The summed E-state index contributed by atoms with van der Waals surface area (Å²) in [4.78, 5) is 33.1. The predicted octanol–water partition coefficient (Wildman–Crippen LogP) is 3.53. The fraction of sp³-hybridized carbons (Fsp3) is 0.409. The van der Waals surface area contributed by atoms with Crippen LogP contribution in [0.2, 0.25) is 0 Å². The molecule has 1 unspecified atom stereocenters. The Balaban J connectivity index is 1.37. The zero-order valence-electron chi connectivity index (χ0n) is 16.7. The average molecular weight is 412 g/mol. The molecule has 0 bridgehead atoms. The summed E-state index contributed by atoms with van der Waals surface area (Å²) in [5.74, 6) is -0.154. The Hall–Kier alpha value is -3.16. The Morgan fingerprint density at radius 2 is 1.90 bits per heavy atom. The van der Waals surface area contributed by atoms with Gasteiger partial charge in [0.05, 0.1) is 6.54 Å². The van der Waals surface area contributed by atoms with E-state index < -0.39 is 5.82 Å². The van der Waals surface area contributed by atoms with Crippen LogP contribution in [-0.2, 0) is 0 Å². The molecule has 1 aromatic heterocycles. The fourth-order valence-electron chi connectivity index (χ4n) is 3.85. The lowest BCUT2D eigenvalue weighted by molar-refractivity contribution is 0.0715. The van der Waals surface area contributed by atoms with Crippen LogP contribution >= 0.6 is 0 Å². The predicted molar refractivity (Wildman–Crippen MR) is 110 cm³/mol. The molecule has 3 amide bonds. The molecule has 8 heteroatoms. The number of likely N-dealkylation sites (tertiary alicyclic amines) is 2. The minimum atomic E-state index is -0.406. The maximum absolute atomic E-state index is 13.3. The van der Waals surface area contributed by atoms with E-state index in [0.717, 1.165) is 32.4 Å². The van der Waals surface area contributed by atoms with Gasteiger partial charge in [0.1, 0.15) is 17.5 Å². The highest BCUT2D eigenvalue weighted by Crippen LogP contribution is 2.23. The molecule has 0 radical (unpaired) electrons. The third-order valence-electron chi connectivity index (χ3n) is 5.43. The van der Waals surface area contributed by atoms with Crippen LogP contribution in [0.25, 0.3) is 0 Å². The van der Waals surface area contributed by atoms with Crippen molar-refractivity contribution < 1.29 is 18.7 Å². The van der Waals surface area contributed by atoms with Crippen LogP contribution in [-0.4, -0.2) is 59.0 Å². The third kappa shape index (κ3) is 4.69. The quantitative estimate of drug-likeness (QED) is 0.834. The van der Waals surface area contributed by atoms with Crippen molar-refractivity contribution in [2.45, 2.75) is 31.8 Å². The van der Waals surface area contributed by atoms with Crippen molar-refractivity contribution in [3.05, 3.63) is 54.0 Å². The van der Waals surface area contributed by atoms with E-state index >= 15 is 0 Å². The molecule has 30 heavy (non-hydrogen) atoms. The number of carbonyl (C=O) groups is 2. The van der Waals surface area contributed by atoms with Gasteiger partial charge in [0.2, 0.25) is 5.88 Å². The van der Waals surface area contributed by atoms with Crippen LogP contribution in [0.5, 0.6) is 5.88 Å². The van der Waals surface area contributed by atoms with Gasteiger partial charge >= 0.3 is 6.03 Å². The average Bonchev–Trinajstić information content (AvgIpc) is 3.23. The number of rotatable bonds is 4. The van der Waals surface area contributed by atoms with Gasteiger partial charge in [-0.05, 0) is 49.6 Å². The Bertz CT molecular complexity index is 917. The van der Waals surface area contributed by atoms with Crippen molar-refractivity contribution in [3.8, 4) is 5.88 Å². The van der Waals surface area contributed by atoms with Crippen molar-refractivity contribution in [1.29, 1.82) is 0 Å². The van der Waals surface area contributed by atoms with E-state index in [-0.39, 0.29) is 18.0 Å². The number of nitrogens with one attached hydrogen (secondary N) is 1. The molecule has 0 spiro atoms. The highest BCUT2D eigenvalue weighted by Gasteiger charge is 2.30. The van der Waals surface area contributed by atoms with Gasteiger partial charge in [-0.1, -0.05) is 6.07 Å². The largest absolute Gasteiger partial charge is 0.472 e. The number of piperidine rings is 1. The van der Waals surface area contributed by atoms with Crippen molar-refractivity contribution in [1.82, 2.24) is 14.8 Å². The zero-order chi connectivity index (χ0) is 20.9. The molecule has 1 N–H and O–H groups in total. The lowest BCUT2D eigenvalue weighted by Gasteiger charge is -2.27. The van der Waals surface area contributed by atoms with Gasteiger partial charge in [0, 0.05) is 37.9 Å². The van der Waals surface area contributed by atoms with Crippen LogP contribution in [0.1, 0.15) is 36.0 Å². The van der Waals surface area contributed by atoms with Gasteiger partial charge in [-0.25, -0.2) is 14.2 Å². The first kappa shape index (κ1) is 20.1. The number of hydrogen-bond donors (Lipinski definition) is 1. The summed E-state index contributed by atoms with van der Waals surface area (Å²) in [6.45, 7) is 2.39. The topological polar surface area (TPSA) is 74.8 Å². The van der Waals surface area contributed by atoms with Crippen molar-refractivity contribution >= 4 is 17.6 Å². The molecule has 2 aliphatic rings. The van der Waals surface area contributed by atoms with Crippen molar-refractivity contribution in [3.63, 3.8) is 0 Å². The van der Waals surface area contributed by atoms with Crippen LogP contribution in [0, 0.1) is 5.82 Å². The minimum absolute atomic E-state index is 0.0588. The second-order valence-corrected chi connectivity index (χ2v) is 7.62. The van der Waals surface area contributed by atoms with E-state index in [4.69, 9.17) is 4.74 Å². The van der Waals surface area contributed by atoms with Gasteiger partial charge < -0.3 is 19.9 Å². The minimum Gasteiger partial charge on any atom is -0.472 e. The summed E-state index contributed by atoms with van der Waals surface area (Å²) >= 11 is 0. The van der Waals surface area contributed by atoms with E-state index in [0.29, 0.717) is 36.6 Å². The first-order valence-corrected chi connectivity index (χ1v) is 10.3. The molecule has 2 aliphatic heterocycles. The molecule has 2 aromatic rings. The summed E-state index contributed by atoms with van der Waals surface area (Å²) in [6.07, 6.45) is 5.15. The van der Waals surface area contributed by atoms with E-state index in [1.807, 2.05) is 4.90 Å². The number of amides is 3. The molecule has 2 saturated heterocycles. The molecule has 0 aliphatic carbocycles. The van der Waals surface area contributed by atoms with E-state index in [2.05, 4.69) is 10.3 Å². The molecular formula is C22H25FN4O3. The number of urea groups is 1. The number of benzene rings is 1. The number of ether oxygens (including phenoxy) is 1. The third-order valence-corrected chi connectivity index (χ3v) is 5.43. The maximum atomic E-state index is 13.3. The van der Waals surface area contributed by atoms with E-state index in [9.17, 15) is 14.0 Å². The van der Waals surface area contributed by atoms with Gasteiger partial charge in [-0.2, -0.15) is 0 Å². The number of halogens is 1. The molecule has 1 aromatic carbocycles. The standard InChI is InChI=1S/C22H25FN4O3/c23-16-6-4-7-17(14-16)25-22(29)27-13-9-18(15-27)30-20-19(8-5-10-24-20)21(28)26-11-2-1-3-12-26/h4-8,10,14,18H,1-3,9,11-13,15H2,(H,25,29). The molecule has 2 fully saturated rings. The lowest BCUT2D eigenvalue weighted by Crippen LogP contribution is -2.36. The Labute approximate surface area is 174 Å². The molecule has 3 heterocycles. The zero-order valence-corrected chi connectivity index (χ0v) is 16.7. The first-order chi connectivity index (χ1) is 14.6. The second-order valence-electron chi connectivity index (χ2n) is 7.62. The van der Waals surface area contributed by atoms with Crippen molar-refractivity contribution in [2.24, 2.45) is 0 Å². The summed E-state index contributed by atoms with van der Waals surface area (Å²) in [7, 11) is 0. The van der Waals surface area contributed by atoms with Crippen molar-refractivity contribution in [2.75, 3.05) is 31.5 Å². The monoisotopic (exact) mass is 412 g/mol. The Morgan fingerprint density at radius 1 is 1.07 bits per heavy atom. The van der Waals surface area contributed by atoms with Gasteiger partial charge in [0.25, 0.3) is 5.91 Å². The van der Waals surface area contributed by atoms with E-state index in [1.54, 1.807) is 35.4 Å². The molecule has 0 saturated carbocycles. The number of nitrogens with zero attached hydrogens (tertiary/aromatic N) is 3. The van der Waals surface area contributed by atoms with Gasteiger partial charge in [-0.15, -0.1) is 0 Å². The SMILES string of the molecule is O=C(Nc1cccc(F)c1)N1CCC(Oc2ncccc2C(=O)N2CCCCC2)C1. The second kappa shape index (κ2) is 9.11. The molecule has 4 rings (SSSR count). The summed E-state index contributed by atoms with van der Waals surface area (Å²) in [6, 6.07) is 8.94. The normalized spacial score (nSPS) is 18.9. The Kier molecular flexibility index (Phi) is 6.11. The van der Waals surface area contributed by atoms with Gasteiger partial charge in [0.15, 0.2) is 0 Å². The molecular weight excluding hydrogens is 387 g/mol. The molecule has 7 nitrogen and oxygen atoms in total. The maximum Gasteiger partial charge on any atom is 0.321 e. The number of aromatic nitrogens is 1. The van der Waals surface area contributed by atoms with E-state index in [1.165, 1.54) is 12.1 Å². The highest BCUT2D eigenvalue weighted by molar-refractivity contribution is 5.96. The summed E-state index contributed by atoms with van der Waals surface area (Å²) in [5, 5.41) is 2.70. The number of carbonyl (C=O) groups excluding carboxylic acids is 2. The molecule has 1 atom stereocenters. The van der Waals surface area contributed by atoms with Gasteiger partial charge in [-0.3, -0.25) is 4.79 Å². The number of hydrogen-bond acceptors (Lipinski definition) is 4. The van der Waals surface area contributed by atoms with Crippen LogP contribution in [0.3, 0.4) is 0 Å². The highest BCUT2D eigenvalue weighted by atomic mass is 19.1. The lowest BCUT2D eigenvalue weighted by atomic mass is 10.1.